The summed E-state index contributed by atoms with van der Waals surface area (Å²) in [6.07, 6.45) is 2.51. The van der Waals surface area contributed by atoms with Gasteiger partial charge in [0, 0.05) is 0 Å². The Morgan fingerprint density at radius 3 is 0.906 bits per heavy atom. The van der Waals surface area contributed by atoms with Gasteiger partial charge in [0.25, 0.3) is 0 Å². The van der Waals surface area contributed by atoms with Gasteiger partial charge < -0.3 is 28.1 Å². The van der Waals surface area contributed by atoms with Crippen molar-refractivity contribution in [1.29, 1.82) is 0 Å². The summed E-state index contributed by atoms with van der Waals surface area (Å²) in [5.41, 5.74) is -0.841. The molecule has 2 aromatic carbocycles. The van der Waals surface area contributed by atoms with Crippen molar-refractivity contribution >= 4 is 67.2 Å². The third-order valence-corrected chi connectivity index (χ3v) is 8.82. The molecule has 0 radical (unpaired) electrons. The Morgan fingerprint density at radius 1 is 0.472 bits per heavy atom. The van der Waals surface area contributed by atoms with E-state index in [1.54, 1.807) is 0 Å². The van der Waals surface area contributed by atoms with Crippen LogP contribution in [0.25, 0.3) is 0 Å². The molecule has 0 aliphatic carbocycles. The minimum atomic E-state index is -4.77. The predicted molar refractivity (Wildman–Crippen MR) is 194 cm³/mol. The standard InChI is InChI=1S/2C18H26O7S.Mg/c2*1-12(2)7-9-24-17(19)15-6-5-14(26(21,22)23)11-16(15)18(20)25-10-8-13(3)4;/h2*5-6,11-13H,7-10H2,1-4H3,(H,21,22,23);/q;;+2/p-2. The van der Waals surface area contributed by atoms with Crippen molar-refractivity contribution in [3.63, 3.8) is 0 Å². The Hall–Kier alpha value is -3.09. The molecule has 0 fully saturated rings. The van der Waals surface area contributed by atoms with E-state index in [9.17, 15) is 45.1 Å². The minimum Gasteiger partial charge on any atom is -0.744 e. The second-order valence-electron chi connectivity index (χ2n) is 13.6. The van der Waals surface area contributed by atoms with E-state index in [1.165, 1.54) is 0 Å². The second kappa shape index (κ2) is 23.6. The zero-order valence-electron chi connectivity index (χ0n) is 31.7. The predicted octanol–water partition coefficient (Wildman–Crippen LogP) is 5.61. The summed E-state index contributed by atoms with van der Waals surface area (Å²) in [5.74, 6) is -2.01. The first kappa shape index (κ1) is 49.9. The molecular weight excluding hydrogens is 745 g/mol. The third kappa shape index (κ3) is 19.2. The molecule has 0 spiro atoms. The molecule has 0 aliphatic heterocycles. The summed E-state index contributed by atoms with van der Waals surface area (Å²) in [6.45, 7) is 16.3. The molecule has 14 nitrogen and oxygen atoms in total. The molecule has 53 heavy (non-hydrogen) atoms. The molecule has 0 N–H and O–H groups in total. The first-order valence-corrected chi connectivity index (χ1v) is 19.7. The summed E-state index contributed by atoms with van der Waals surface area (Å²) in [6, 6.07) is 5.87. The molecular formula is C36H50MgO14S2. The number of ether oxygens (including phenoxy) is 4. The molecule has 0 atom stereocenters. The summed E-state index contributed by atoms with van der Waals surface area (Å²) in [7, 11) is -9.55. The van der Waals surface area contributed by atoms with Gasteiger partial charge in [-0.25, -0.2) is 36.0 Å². The van der Waals surface area contributed by atoms with Crippen LogP contribution in [-0.2, 0) is 39.2 Å². The minimum absolute atomic E-state index is 0. The van der Waals surface area contributed by atoms with Crippen LogP contribution < -0.4 is 0 Å². The van der Waals surface area contributed by atoms with Crippen molar-refractivity contribution in [2.45, 2.75) is 90.9 Å². The van der Waals surface area contributed by atoms with E-state index in [-0.39, 0.29) is 71.7 Å². The number of hydrogen-bond donors (Lipinski definition) is 0. The van der Waals surface area contributed by atoms with Crippen molar-refractivity contribution in [2.75, 3.05) is 26.4 Å². The average molecular weight is 795 g/mol. The fourth-order valence-corrected chi connectivity index (χ4v) is 4.91. The van der Waals surface area contributed by atoms with E-state index < -0.39 is 53.9 Å². The van der Waals surface area contributed by atoms with Crippen molar-refractivity contribution in [1.82, 2.24) is 0 Å². The molecule has 0 saturated carbocycles. The first-order chi connectivity index (χ1) is 24.0. The zero-order valence-corrected chi connectivity index (χ0v) is 34.7. The van der Waals surface area contributed by atoms with Gasteiger partial charge in [0.1, 0.15) is 20.2 Å². The Morgan fingerprint density at radius 2 is 0.698 bits per heavy atom. The maximum Gasteiger partial charge on any atom is 2.00 e. The van der Waals surface area contributed by atoms with Gasteiger partial charge in [0.15, 0.2) is 0 Å². The van der Waals surface area contributed by atoms with Gasteiger partial charge >= 0.3 is 46.9 Å². The summed E-state index contributed by atoms with van der Waals surface area (Å²) in [4.78, 5) is 47.8. The molecule has 0 bridgehead atoms. The molecule has 17 heteroatoms. The zero-order chi connectivity index (χ0) is 39.8. The number of esters is 4. The van der Waals surface area contributed by atoms with Gasteiger partial charge in [0.2, 0.25) is 0 Å². The van der Waals surface area contributed by atoms with Gasteiger partial charge in [0.05, 0.1) is 58.5 Å². The van der Waals surface area contributed by atoms with E-state index in [1.807, 2.05) is 55.4 Å². The smallest absolute Gasteiger partial charge is 0.744 e. The monoisotopic (exact) mass is 794 g/mol. The van der Waals surface area contributed by atoms with Gasteiger partial charge in [-0.2, -0.15) is 0 Å². The van der Waals surface area contributed by atoms with Crippen LogP contribution in [-0.4, -0.2) is 99.3 Å². The number of rotatable bonds is 18. The third-order valence-electron chi connectivity index (χ3n) is 7.15. The van der Waals surface area contributed by atoms with E-state index in [0.29, 0.717) is 49.4 Å². The van der Waals surface area contributed by atoms with Crippen molar-refractivity contribution in [3.05, 3.63) is 58.7 Å². The van der Waals surface area contributed by atoms with Crippen LogP contribution in [0.1, 0.15) is 123 Å². The second-order valence-corrected chi connectivity index (χ2v) is 16.4. The summed E-state index contributed by atoms with van der Waals surface area (Å²) < 4.78 is 87.7. The van der Waals surface area contributed by atoms with Crippen LogP contribution in [0.4, 0.5) is 0 Å². The van der Waals surface area contributed by atoms with E-state index in [0.717, 1.165) is 36.4 Å². The first-order valence-electron chi connectivity index (χ1n) is 16.9. The number of hydrogen-bond acceptors (Lipinski definition) is 14. The fourth-order valence-electron chi connectivity index (χ4n) is 3.91. The number of benzene rings is 2. The molecule has 0 unspecified atom stereocenters. The molecule has 292 valence electrons. The Labute approximate surface area is 329 Å². The molecule has 0 aliphatic rings. The van der Waals surface area contributed by atoms with E-state index in [4.69, 9.17) is 18.9 Å². The normalized spacial score (nSPS) is 11.4. The van der Waals surface area contributed by atoms with Crippen LogP contribution in [0, 0.1) is 23.7 Å². The summed E-state index contributed by atoms with van der Waals surface area (Å²) >= 11 is 0. The largest absolute Gasteiger partial charge is 2.00 e. The van der Waals surface area contributed by atoms with Crippen LogP contribution in [0.3, 0.4) is 0 Å². The van der Waals surface area contributed by atoms with E-state index in [2.05, 4.69) is 0 Å². The Balaban J connectivity index is 0.00000100. The van der Waals surface area contributed by atoms with Crippen LogP contribution in [0.15, 0.2) is 46.2 Å². The molecule has 0 heterocycles. The SMILES string of the molecule is CC(C)CCOC(=O)c1ccc(S(=O)(=O)[O-])cc1C(=O)OCCC(C)C.CC(C)CCOC(=O)c1ccc(S(=O)(=O)[O-])cc1C(=O)OCCC(C)C.[Mg+2]. The van der Waals surface area contributed by atoms with Crippen molar-refractivity contribution < 1.29 is 64.1 Å². The quantitative estimate of drug-likeness (QED) is 0.0775. The average Bonchev–Trinajstić information content (AvgIpc) is 3.02. The molecule has 2 rings (SSSR count). The van der Waals surface area contributed by atoms with Crippen LogP contribution in [0.5, 0.6) is 0 Å². The maximum atomic E-state index is 12.3. The van der Waals surface area contributed by atoms with Crippen molar-refractivity contribution in [3.8, 4) is 0 Å². The number of carbonyl (C=O) groups is 4. The van der Waals surface area contributed by atoms with Gasteiger partial charge in [-0.3, -0.25) is 0 Å². The van der Waals surface area contributed by atoms with Gasteiger partial charge in [-0.1, -0.05) is 55.4 Å². The van der Waals surface area contributed by atoms with Crippen LogP contribution >= 0.6 is 0 Å². The molecule has 0 amide bonds. The Bertz CT molecular complexity index is 1610. The van der Waals surface area contributed by atoms with Gasteiger partial charge in [-0.05, 0) is 85.8 Å². The van der Waals surface area contributed by atoms with E-state index >= 15 is 0 Å². The van der Waals surface area contributed by atoms with Crippen LogP contribution in [0.2, 0.25) is 0 Å². The van der Waals surface area contributed by atoms with Gasteiger partial charge in [-0.15, -0.1) is 0 Å². The Kier molecular flexibility index (Phi) is 22.3. The number of carbonyl (C=O) groups excluding carboxylic acids is 4. The fraction of sp³-hybridized carbons (Fsp3) is 0.556. The molecule has 0 aromatic heterocycles. The van der Waals surface area contributed by atoms with Crippen molar-refractivity contribution in [2.24, 2.45) is 23.7 Å². The topological polar surface area (TPSA) is 220 Å². The summed E-state index contributed by atoms with van der Waals surface area (Å²) in [5, 5.41) is 0. The maximum absolute atomic E-state index is 12.3. The molecule has 0 saturated heterocycles. The molecule has 2 aromatic rings.